The molecule has 1 aromatic carbocycles. The first-order chi connectivity index (χ1) is 7.54. The maximum atomic E-state index is 3.49. The van der Waals surface area contributed by atoms with E-state index in [1.165, 1.54) is 16.8 Å². The number of hydrogen-bond donors (Lipinski definition) is 1. The number of rotatable bonds is 2. The van der Waals surface area contributed by atoms with Crippen molar-refractivity contribution in [2.24, 2.45) is 0 Å². The SMILES string of the molecule is CC(C)(C)Nc1cccc(-c2ccsc2)c1. The third-order valence-electron chi connectivity index (χ3n) is 2.24. The van der Waals surface area contributed by atoms with E-state index >= 15 is 0 Å². The molecule has 2 rings (SSSR count). The van der Waals surface area contributed by atoms with Gasteiger partial charge in [-0.15, -0.1) is 0 Å². The predicted octanol–water partition coefficient (Wildman–Crippen LogP) is 4.63. The summed E-state index contributed by atoms with van der Waals surface area (Å²) in [6.07, 6.45) is 0. The van der Waals surface area contributed by atoms with Crippen LogP contribution < -0.4 is 5.32 Å². The summed E-state index contributed by atoms with van der Waals surface area (Å²) < 4.78 is 0. The molecule has 0 saturated carbocycles. The lowest BCUT2D eigenvalue weighted by molar-refractivity contribution is 0.634. The van der Waals surface area contributed by atoms with Crippen molar-refractivity contribution in [3.8, 4) is 11.1 Å². The van der Waals surface area contributed by atoms with Gasteiger partial charge in [0.15, 0.2) is 0 Å². The number of anilines is 1. The molecule has 1 aromatic heterocycles. The van der Waals surface area contributed by atoms with Crippen molar-refractivity contribution in [2.75, 3.05) is 5.32 Å². The van der Waals surface area contributed by atoms with E-state index < -0.39 is 0 Å². The van der Waals surface area contributed by atoms with Gasteiger partial charge in [-0.05, 0) is 60.9 Å². The van der Waals surface area contributed by atoms with E-state index in [1.54, 1.807) is 11.3 Å². The highest BCUT2D eigenvalue weighted by Gasteiger charge is 2.09. The van der Waals surface area contributed by atoms with Gasteiger partial charge in [0, 0.05) is 11.2 Å². The van der Waals surface area contributed by atoms with Crippen molar-refractivity contribution in [1.82, 2.24) is 0 Å². The first kappa shape index (κ1) is 11.2. The Kier molecular flexibility index (Phi) is 3.01. The Morgan fingerprint density at radius 1 is 1.06 bits per heavy atom. The fourth-order valence-corrected chi connectivity index (χ4v) is 2.30. The van der Waals surface area contributed by atoms with Gasteiger partial charge in [-0.1, -0.05) is 12.1 Å². The zero-order valence-electron chi connectivity index (χ0n) is 9.95. The van der Waals surface area contributed by atoms with Crippen LogP contribution in [0.25, 0.3) is 11.1 Å². The molecule has 0 saturated heterocycles. The number of benzene rings is 1. The summed E-state index contributed by atoms with van der Waals surface area (Å²) in [4.78, 5) is 0. The van der Waals surface area contributed by atoms with Crippen LogP contribution in [0.5, 0.6) is 0 Å². The van der Waals surface area contributed by atoms with Gasteiger partial charge in [-0.3, -0.25) is 0 Å². The van der Waals surface area contributed by atoms with Crippen LogP contribution in [-0.4, -0.2) is 5.54 Å². The third kappa shape index (κ3) is 2.86. The number of nitrogens with one attached hydrogen (secondary N) is 1. The Balaban J connectivity index is 2.27. The topological polar surface area (TPSA) is 12.0 Å². The molecule has 16 heavy (non-hydrogen) atoms. The summed E-state index contributed by atoms with van der Waals surface area (Å²) in [5.74, 6) is 0. The zero-order chi connectivity index (χ0) is 11.6. The van der Waals surface area contributed by atoms with Gasteiger partial charge >= 0.3 is 0 Å². The smallest absolute Gasteiger partial charge is 0.0350 e. The van der Waals surface area contributed by atoms with E-state index in [2.05, 4.69) is 67.2 Å². The molecule has 0 spiro atoms. The molecule has 0 amide bonds. The second-order valence-corrected chi connectivity index (χ2v) is 5.75. The quantitative estimate of drug-likeness (QED) is 0.795. The Morgan fingerprint density at radius 2 is 1.88 bits per heavy atom. The van der Waals surface area contributed by atoms with Crippen molar-refractivity contribution in [3.63, 3.8) is 0 Å². The second-order valence-electron chi connectivity index (χ2n) is 4.97. The lowest BCUT2D eigenvalue weighted by Gasteiger charge is -2.22. The van der Waals surface area contributed by atoms with Crippen LogP contribution in [0.1, 0.15) is 20.8 Å². The summed E-state index contributed by atoms with van der Waals surface area (Å²) >= 11 is 1.73. The molecule has 0 radical (unpaired) electrons. The second kappa shape index (κ2) is 4.30. The summed E-state index contributed by atoms with van der Waals surface area (Å²) in [5.41, 5.74) is 3.85. The van der Waals surface area contributed by atoms with E-state index in [9.17, 15) is 0 Å². The largest absolute Gasteiger partial charge is 0.380 e. The minimum atomic E-state index is 0.104. The highest BCUT2D eigenvalue weighted by molar-refractivity contribution is 7.08. The molecule has 1 nitrogen and oxygen atoms in total. The molecule has 1 N–H and O–H groups in total. The summed E-state index contributed by atoms with van der Waals surface area (Å²) in [5, 5.41) is 7.77. The number of hydrogen-bond acceptors (Lipinski definition) is 2. The minimum Gasteiger partial charge on any atom is -0.380 e. The maximum Gasteiger partial charge on any atom is 0.0350 e. The molecule has 1 heterocycles. The molecule has 0 fully saturated rings. The molecule has 2 aromatic rings. The summed E-state index contributed by atoms with van der Waals surface area (Å²) in [6, 6.07) is 10.7. The molecule has 0 atom stereocenters. The van der Waals surface area contributed by atoms with Crippen molar-refractivity contribution < 1.29 is 0 Å². The van der Waals surface area contributed by atoms with E-state index in [0.717, 1.165) is 0 Å². The fraction of sp³-hybridized carbons (Fsp3) is 0.286. The van der Waals surface area contributed by atoms with Gasteiger partial charge in [-0.2, -0.15) is 11.3 Å². The molecule has 0 aliphatic rings. The molecular formula is C14H17NS. The Labute approximate surface area is 101 Å². The minimum absolute atomic E-state index is 0.104. The normalized spacial score (nSPS) is 11.4. The van der Waals surface area contributed by atoms with Crippen LogP contribution in [0, 0.1) is 0 Å². The Morgan fingerprint density at radius 3 is 2.50 bits per heavy atom. The highest BCUT2D eigenvalue weighted by Crippen LogP contribution is 2.25. The third-order valence-corrected chi connectivity index (χ3v) is 2.92. The monoisotopic (exact) mass is 231 g/mol. The van der Waals surface area contributed by atoms with Gasteiger partial charge in [0.05, 0.1) is 0 Å². The van der Waals surface area contributed by atoms with Gasteiger partial charge in [0.2, 0.25) is 0 Å². The van der Waals surface area contributed by atoms with E-state index in [0.29, 0.717) is 0 Å². The van der Waals surface area contributed by atoms with Gasteiger partial charge in [0.1, 0.15) is 0 Å². The standard InChI is InChI=1S/C14H17NS/c1-14(2,3)15-13-6-4-5-11(9-13)12-7-8-16-10-12/h4-10,15H,1-3H3. The molecule has 2 heteroatoms. The van der Waals surface area contributed by atoms with Gasteiger partial charge in [0.25, 0.3) is 0 Å². The van der Waals surface area contributed by atoms with Crippen molar-refractivity contribution in [3.05, 3.63) is 41.1 Å². The first-order valence-corrected chi connectivity index (χ1v) is 6.40. The van der Waals surface area contributed by atoms with Gasteiger partial charge < -0.3 is 5.32 Å². The Hall–Kier alpha value is -1.28. The van der Waals surface area contributed by atoms with Crippen LogP contribution in [0.4, 0.5) is 5.69 Å². The molecule has 0 aliphatic heterocycles. The first-order valence-electron chi connectivity index (χ1n) is 5.45. The zero-order valence-corrected chi connectivity index (χ0v) is 10.8. The van der Waals surface area contributed by atoms with Crippen LogP contribution in [0.2, 0.25) is 0 Å². The number of thiophene rings is 1. The van der Waals surface area contributed by atoms with Gasteiger partial charge in [-0.25, -0.2) is 0 Å². The predicted molar refractivity (Wildman–Crippen MR) is 73.1 cm³/mol. The van der Waals surface area contributed by atoms with E-state index in [1.807, 2.05) is 0 Å². The van der Waals surface area contributed by atoms with E-state index in [-0.39, 0.29) is 5.54 Å². The molecule has 84 valence electrons. The van der Waals surface area contributed by atoms with Crippen molar-refractivity contribution in [2.45, 2.75) is 26.3 Å². The van der Waals surface area contributed by atoms with Crippen LogP contribution in [-0.2, 0) is 0 Å². The molecule has 0 bridgehead atoms. The molecule has 0 aliphatic carbocycles. The molecular weight excluding hydrogens is 214 g/mol. The summed E-state index contributed by atoms with van der Waals surface area (Å²) in [7, 11) is 0. The average Bonchev–Trinajstić information content (AvgIpc) is 2.68. The Bertz CT molecular complexity index is 452. The fourth-order valence-electron chi connectivity index (χ4n) is 1.64. The van der Waals surface area contributed by atoms with E-state index in [4.69, 9.17) is 0 Å². The van der Waals surface area contributed by atoms with Crippen molar-refractivity contribution >= 4 is 17.0 Å². The molecule has 0 unspecified atom stereocenters. The van der Waals surface area contributed by atoms with Crippen LogP contribution >= 0.6 is 11.3 Å². The average molecular weight is 231 g/mol. The summed E-state index contributed by atoms with van der Waals surface area (Å²) in [6.45, 7) is 6.51. The highest BCUT2D eigenvalue weighted by atomic mass is 32.1. The van der Waals surface area contributed by atoms with Crippen LogP contribution in [0.15, 0.2) is 41.1 Å². The van der Waals surface area contributed by atoms with Crippen molar-refractivity contribution in [1.29, 1.82) is 0 Å². The maximum absolute atomic E-state index is 3.49. The lowest BCUT2D eigenvalue weighted by Crippen LogP contribution is -2.25. The van der Waals surface area contributed by atoms with Crippen LogP contribution in [0.3, 0.4) is 0 Å². The lowest BCUT2D eigenvalue weighted by atomic mass is 10.1.